The van der Waals surface area contributed by atoms with Gasteiger partial charge in [-0.2, -0.15) is 0 Å². The summed E-state index contributed by atoms with van der Waals surface area (Å²) in [6, 6.07) is -0.421. The zero-order valence-electron chi connectivity index (χ0n) is 15.3. The van der Waals surface area contributed by atoms with E-state index in [1.807, 2.05) is 0 Å². The van der Waals surface area contributed by atoms with Gasteiger partial charge in [0.2, 0.25) is 5.91 Å². The van der Waals surface area contributed by atoms with Crippen LogP contribution in [0.25, 0.3) is 11.4 Å². The summed E-state index contributed by atoms with van der Waals surface area (Å²) in [5, 5.41) is 2.86. The Morgan fingerprint density at radius 2 is 2.21 bits per heavy atom. The van der Waals surface area contributed by atoms with E-state index in [-0.39, 0.29) is 12.4 Å². The number of hydrogen-bond donors (Lipinski definition) is 2. The van der Waals surface area contributed by atoms with Crippen molar-refractivity contribution in [3.63, 3.8) is 0 Å². The van der Waals surface area contributed by atoms with Crippen molar-refractivity contribution in [2.75, 3.05) is 23.4 Å². The third kappa shape index (κ3) is 3.41. The van der Waals surface area contributed by atoms with Crippen LogP contribution in [0.4, 0.5) is 25.2 Å². The van der Waals surface area contributed by atoms with Gasteiger partial charge in [0.15, 0.2) is 5.82 Å². The smallest absolute Gasteiger partial charge is 0.416 e. The fraction of sp³-hybridized carbons (Fsp3) is 0.412. The standard InChI is InChI=1S/C17H18F2N6O4/c1-8(15(20)26)22-12-4-11-9(5-21-12)16-23-13(6-24(16)2-3-28-11)25-10(14(18)19)7-29-17(25)27/h4-6,8,10,14H,2-3,7H2,1H3,(H2,20,26)(H,21,22)/t8-,10?/m0/s1. The predicted molar refractivity (Wildman–Crippen MR) is 96.9 cm³/mol. The SMILES string of the molecule is C[C@H](Nc1cc2c(cn1)-c1nc(N3C(=O)OCC3C(F)F)cn1CCO2)C(N)=O. The molecular weight excluding hydrogens is 390 g/mol. The molecule has 0 spiro atoms. The van der Waals surface area contributed by atoms with Crippen molar-refractivity contribution >= 4 is 23.6 Å². The summed E-state index contributed by atoms with van der Waals surface area (Å²) in [5.41, 5.74) is 5.77. The van der Waals surface area contributed by atoms with E-state index in [4.69, 9.17) is 15.2 Å². The minimum atomic E-state index is -2.76. The zero-order valence-corrected chi connectivity index (χ0v) is 15.3. The number of aromatic nitrogens is 3. The van der Waals surface area contributed by atoms with Gasteiger partial charge in [-0.05, 0) is 6.92 Å². The highest BCUT2D eigenvalue weighted by molar-refractivity contribution is 5.89. The molecule has 0 radical (unpaired) electrons. The second-order valence-electron chi connectivity index (χ2n) is 6.65. The number of anilines is 2. The number of nitrogens with two attached hydrogens (primary N) is 1. The quantitative estimate of drug-likeness (QED) is 0.762. The number of hydrogen-bond acceptors (Lipinski definition) is 7. The van der Waals surface area contributed by atoms with Gasteiger partial charge in [-0.1, -0.05) is 0 Å². The molecular formula is C17H18F2N6O4. The number of carbonyl (C=O) groups is 2. The van der Waals surface area contributed by atoms with Crippen LogP contribution in [0.5, 0.6) is 5.75 Å². The van der Waals surface area contributed by atoms with E-state index >= 15 is 0 Å². The van der Waals surface area contributed by atoms with Crippen LogP contribution in [0.2, 0.25) is 0 Å². The second kappa shape index (κ2) is 7.18. The molecule has 2 aromatic heterocycles. The lowest BCUT2D eigenvalue weighted by Gasteiger charge is -2.17. The molecule has 2 amide bonds. The van der Waals surface area contributed by atoms with E-state index in [0.29, 0.717) is 29.5 Å². The number of nitrogens with zero attached hydrogens (tertiary/aromatic N) is 4. The summed E-state index contributed by atoms with van der Waals surface area (Å²) in [5.74, 6) is 0.794. The number of cyclic esters (lactones) is 1. The largest absolute Gasteiger partial charge is 0.491 e. The molecule has 0 aromatic carbocycles. The molecule has 12 heteroatoms. The molecule has 0 bridgehead atoms. The van der Waals surface area contributed by atoms with Crippen molar-refractivity contribution < 1.29 is 27.8 Å². The molecule has 3 N–H and O–H groups in total. The molecule has 1 saturated heterocycles. The first-order valence-electron chi connectivity index (χ1n) is 8.85. The third-order valence-electron chi connectivity index (χ3n) is 4.70. The lowest BCUT2D eigenvalue weighted by molar-refractivity contribution is -0.118. The molecule has 2 aromatic rings. The Labute approximate surface area is 163 Å². The van der Waals surface area contributed by atoms with Crippen molar-refractivity contribution in [2.24, 2.45) is 5.73 Å². The molecule has 2 aliphatic heterocycles. The number of alkyl halides is 2. The Kier molecular flexibility index (Phi) is 4.68. The Balaban J connectivity index is 1.68. The van der Waals surface area contributed by atoms with Crippen LogP contribution in [-0.4, -0.2) is 58.3 Å². The van der Waals surface area contributed by atoms with E-state index in [1.165, 1.54) is 12.4 Å². The topological polar surface area (TPSA) is 125 Å². The van der Waals surface area contributed by atoms with Crippen molar-refractivity contribution in [1.29, 1.82) is 0 Å². The number of imidazole rings is 1. The van der Waals surface area contributed by atoms with Crippen LogP contribution in [-0.2, 0) is 16.1 Å². The maximum Gasteiger partial charge on any atom is 0.416 e. The molecule has 0 saturated carbocycles. The Morgan fingerprint density at radius 3 is 2.93 bits per heavy atom. The summed E-state index contributed by atoms with van der Waals surface area (Å²) >= 11 is 0. The second-order valence-corrected chi connectivity index (χ2v) is 6.65. The summed E-state index contributed by atoms with van der Waals surface area (Å²) < 4.78 is 38.7. The highest BCUT2D eigenvalue weighted by Gasteiger charge is 2.42. The molecule has 1 unspecified atom stereocenters. The first kappa shape index (κ1) is 18.9. The number of carbonyl (C=O) groups excluding carboxylic acids is 2. The number of ether oxygens (including phenoxy) is 2. The summed E-state index contributed by atoms with van der Waals surface area (Å²) in [6.45, 7) is 1.88. The van der Waals surface area contributed by atoms with Gasteiger partial charge >= 0.3 is 6.09 Å². The van der Waals surface area contributed by atoms with Gasteiger partial charge in [0.1, 0.15) is 42.7 Å². The number of pyridine rings is 1. The van der Waals surface area contributed by atoms with Gasteiger partial charge < -0.3 is 25.1 Å². The van der Waals surface area contributed by atoms with Gasteiger partial charge in [0, 0.05) is 18.5 Å². The zero-order chi connectivity index (χ0) is 20.7. The molecule has 1 fully saturated rings. The van der Waals surface area contributed by atoms with Gasteiger partial charge in [0.25, 0.3) is 6.43 Å². The van der Waals surface area contributed by atoms with Crippen molar-refractivity contribution in [2.45, 2.75) is 32.0 Å². The number of halogens is 2. The fourth-order valence-corrected chi connectivity index (χ4v) is 3.14. The molecule has 4 heterocycles. The third-order valence-corrected chi connectivity index (χ3v) is 4.70. The van der Waals surface area contributed by atoms with Crippen molar-refractivity contribution in [3.05, 3.63) is 18.5 Å². The molecule has 10 nitrogen and oxygen atoms in total. The summed E-state index contributed by atoms with van der Waals surface area (Å²) in [4.78, 5) is 32.7. The molecule has 0 aliphatic carbocycles. The molecule has 2 atom stereocenters. The normalized spacial score (nSPS) is 19.1. The van der Waals surface area contributed by atoms with E-state index < -0.39 is 37.1 Å². The van der Waals surface area contributed by atoms with Crippen LogP contribution in [0.3, 0.4) is 0 Å². The lowest BCUT2D eigenvalue weighted by Crippen LogP contribution is -2.38. The fourth-order valence-electron chi connectivity index (χ4n) is 3.14. The maximum absolute atomic E-state index is 13.3. The average Bonchev–Trinajstić information content (AvgIpc) is 3.21. The highest BCUT2D eigenvalue weighted by Crippen LogP contribution is 2.36. The Bertz CT molecular complexity index is 965. The van der Waals surface area contributed by atoms with E-state index in [2.05, 4.69) is 15.3 Å². The Hall–Kier alpha value is -3.44. The number of amides is 2. The number of nitrogens with one attached hydrogen (secondary N) is 1. The maximum atomic E-state index is 13.3. The lowest BCUT2D eigenvalue weighted by atomic mass is 10.2. The number of rotatable bonds is 5. The number of fused-ring (bicyclic) bond motifs is 3. The first-order chi connectivity index (χ1) is 13.8. The van der Waals surface area contributed by atoms with E-state index in [1.54, 1.807) is 17.6 Å². The molecule has 4 rings (SSSR count). The average molecular weight is 408 g/mol. The van der Waals surface area contributed by atoms with Crippen molar-refractivity contribution in [1.82, 2.24) is 14.5 Å². The molecule has 29 heavy (non-hydrogen) atoms. The van der Waals surface area contributed by atoms with Crippen LogP contribution < -0.4 is 20.7 Å². The summed E-state index contributed by atoms with van der Waals surface area (Å²) in [6.07, 6.45) is -0.622. The van der Waals surface area contributed by atoms with Crippen LogP contribution >= 0.6 is 0 Å². The van der Waals surface area contributed by atoms with E-state index in [0.717, 1.165) is 4.90 Å². The van der Waals surface area contributed by atoms with E-state index in [9.17, 15) is 18.4 Å². The Morgan fingerprint density at radius 1 is 1.41 bits per heavy atom. The van der Waals surface area contributed by atoms with Gasteiger partial charge in [-0.3, -0.25) is 4.79 Å². The molecule has 2 aliphatic rings. The highest BCUT2D eigenvalue weighted by atomic mass is 19.3. The van der Waals surface area contributed by atoms with Gasteiger partial charge in [0.05, 0.1) is 12.1 Å². The predicted octanol–water partition coefficient (Wildman–Crippen LogP) is 1.21. The van der Waals surface area contributed by atoms with Crippen LogP contribution in [0.1, 0.15) is 6.92 Å². The first-order valence-corrected chi connectivity index (χ1v) is 8.85. The van der Waals surface area contributed by atoms with Crippen LogP contribution in [0, 0.1) is 0 Å². The van der Waals surface area contributed by atoms with Crippen LogP contribution in [0.15, 0.2) is 18.5 Å². The van der Waals surface area contributed by atoms with Crippen molar-refractivity contribution in [3.8, 4) is 17.1 Å². The minimum Gasteiger partial charge on any atom is -0.491 e. The monoisotopic (exact) mass is 408 g/mol. The van der Waals surface area contributed by atoms with Gasteiger partial charge in [-0.25, -0.2) is 28.4 Å². The summed E-state index contributed by atoms with van der Waals surface area (Å²) in [7, 11) is 0. The minimum absolute atomic E-state index is 0.0743. The van der Waals surface area contributed by atoms with Gasteiger partial charge in [-0.15, -0.1) is 0 Å². The molecule has 154 valence electrons. The number of primary amides is 1.